The van der Waals surface area contributed by atoms with Crippen molar-refractivity contribution >= 4 is 11.3 Å². The highest BCUT2D eigenvalue weighted by atomic mass is 32.1. The maximum atomic E-state index is 4.74. The second-order valence-electron chi connectivity index (χ2n) is 7.07. The number of nitrogens with one attached hydrogen (secondary N) is 1. The summed E-state index contributed by atoms with van der Waals surface area (Å²) < 4.78 is 0. The van der Waals surface area contributed by atoms with Crippen molar-refractivity contribution in [1.82, 2.24) is 10.3 Å². The van der Waals surface area contributed by atoms with Gasteiger partial charge in [0.2, 0.25) is 0 Å². The minimum atomic E-state index is 0.151. The highest BCUT2D eigenvalue weighted by Gasteiger charge is 2.22. The Kier molecular flexibility index (Phi) is 5.57. The maximum absolute atomic E-state index is 4.74. The maximum Gasteiger partial charge on any atom is 0.0985 e. The van der Waals surface area contributed by atoms with Crippen LogP contribution < -0.4 is 5.32 Å². The molecule has 0 aliphatic rings. The molecule has 0 saturated carbocycles. The molecule has 1 rings (SSSR count). The molecule has 0 saturated heterocycles. The number of aryl methyl sites for hydroxylation is 1. The van der Waals surface area contributed by atoms with E-state index in [-0.39, 0.29) is 5.41 Å². The van der Waals surface area contributed by atoms with E-state index in [0.29, 0.717) is 12.0 Å². The molecule has 0 fully saturated rings. The molecular formula is C16H30N2S. The van der Waals surface area contributed by atoms with E-state index in [1.54, 1.807) is 0 Å². The first-order valence-electron chi connectivity index (χ1n) is 7.34. The first-order valence-corrected chi connectivity index (χ1v) is 8.15. The zero-order valence-corrected chi connectivity index (χ0v) is 14.6. The third-order valence-electron chi connectivity index (χ3n) is 3.75. The number of hydrogen-bond acceptors (Lipinski definition) is 3. The van der Waals surface area contributed by atoms with Gasteiger partial charge in [-0.1, -0.05) is 41.5 Å². The summed E-state index contributed by atoms with van der Waals surface area (Å²) in [5, 5.41) is 4.90. The van der Waals surface area contributed by atoms with Crippen molar-refractivity contribution in [2.45, 2.75) is 66.8 Å². The summed E-state index contributed by atoms with van der Waals surface area (Å²) in [6, 6.07) is 0.398. The Morgan fingerprint density at radius 3 is 2.16 bits per heavy atom. The van der Waals surface area contributed by atoms with Crippen LogP contribution in [0, 0.1) is 18.8 Å². The molecular weight excluding hydrogens is 252 g/mol. The quantitative estimate of drug-likeness (QED) is 0.847. The fourth-order valence-corrected chi connectivity index (χ4v) is 2.97. The van der Waals surface area contributed by atoms with Crippen LogP contribution in [0.2, 0.25) is 0 Å². The van der Waals surface area contributed by atoms with E-state index >= 15 is 0 Å². The summed E-state index contributed by atoms with van der Waals surface area (Å²) in [5.74, 6) is 1.44. The van der Waals surface area contributed by atoms with Crippen LogP contribution in [0.15, 0.2) is 0 Å². The minimum absolute atomic E-state index is 0.151. The van der Waals surface area contributed by atoms with E-state index in [9.17, 15) is 0 Å². The zero-order chi connectivity index (χ0) is 14.8. The van der Waals surface area contributed by atoms with Gasteiger partial charge in [0.05, 0.1) is 10.7 Å². The van der Waals surface area contributed by atoms with E-state index < -0.39 is 0 Å². The highest BCUT2D eigenvalue weighted by Crippen LogP contribution is 2.32. The van der Waals surface area contributed by atoms with Crippen LogP contribution in [0.1, 0.15) is 70.1 Å². The molecule has 0 radical (unpaired) electrons. The van der Waals surface area contributed by atoms with Gasteiger partial charge in [0.25, 0.3) is 0 Å². The van der Waals surface area contributed by atoms with Crippen LogP contribution >= 0.6 is 11.3 Å². The molecule has 2 atom stereocenters. The summed E-state index contributed by atoms with van der Waals surface area (Å²) in [6.45, 7) is 19.0. The topological polar surface area (TPSA) is 24.9 Å². The molecule has 3 heteroatoms. The molecule has 1 heterocycles. The van der Waals surface area contributed by atoms with E-state index in [0.717, 1.165) is 12.5 Å². The van der Waals surface area contributed by atoms with Crippen LogP contribution in [0.25, 0.3) is 0 Å². The molecule has 0 amide bonds. The fraction of sp³-hybridized carbons (Fsp3) is 0.812. The summed E-state index contributed by atoms with van der Waals surface area (Å²) in [7, 11) is 0. The van der Waals surface area contributed by atoms with Crippen molar-refractivity contribution in [3.63, 3.8) is 0 Å². The van der Waals surface area contributed by atoms with Gasteiger partial charge in [-0.3, -0.25) is 0 Å². The number of rotatable bonds is 5. The largest absolute Gasteiger partial charge is 0.309 e. The molecule has 1 aromatic heterocycles. The van der Waals surface area contributed by atoms with Crippen LogP contribution in [0.3, 0.4) is 0 Å². The van der Waals surface area contributed by atoms with E-state index in [4.69, 9.17) is 4.98 Å². The molecule has 1 N–H and O–H groups in total. The van der Waals surface area contributed by atoms with Gasteiger partial charge in [0.15, 0.2) is 0 Å². The average Bonchev–Trinajstić information content (AvgIpc) is 2.67. The van der Waals surface area contributed by atoms with Crippen molar-refractivity contribution < 1.29 is 0 Å². The van der Waals surface area contributed by atoms with Crippen LogP contribution in [-0.2, 0) is 5.41 Å². The monoisotopic (exact) mass is 282 g/mol. The summed E-state index contributed by atoms with van der Waals surface area (Å²) >= 11 is 1.86. The lowest BCUT2D eigenvalue weighted by Crippen LogP contribution is -2.26. The van der Waals surface area contributed by atoms with Gasteiger partial charge >= 0.3 is 0 Å². The first-order chi connectivity index (χ1) is 8.62. The Morgan fingerprint density at radius 1 is 1.16 bits per heavy atom. The SMILES string of the molecule is Cc1nc(C(C)(C)C)sc1C(C)NCC(C)C(C)C. The van der Waals surface area contributed by atoms with Gasteiger partial charge in [-0.2, -0.15) is 0 Å². The number of nitrogens with zero attached hydrogens (tertiary/aromatic N) is 1. The molecule has 19 heavy (non-hydrogen) atoms. The highest BCUT2D eigenvalue weighted by molar-refractivity contribution is 7.12. The van der Waals surface area contributed by atoms with Crippen molar-refractivity contribution in [3.8, 4) is 0 Å². The Morgan fingerprint density at radius 2 is 1.74 bits per heavy atom. The van der Waals surface area contributed by atoms with Crippen LogP contribution in [0.4, 0.5) is 0 Å². The molecule has 2 unspecified atom stereocenters. The second kappa shape index (κ2) is 6.36. The lowest BCUT2D eigenvalue weighted by Gasteiger charge is -2.20. The fourth-order valence-electron chi connectivity index (χ4n) is 1.82. The number of thiazole rings is 1. The molecule has 0 aliphatic carbocycles. The van der Waals surface area contributed by atoms with Crippen molar-refractivity contribution in [1.29, 1.82) is 0 Å². The van der Waals surface area contributed by atoms with E-state index in [1.807, 2.05) is 11.3 Å². The summed E-state index contributed by atoms with van der Waals surface area (Å²) in [4.78, 5) is 6.13. The van der Waals surface area contributed by atoms with Gasteiger partial charge in [0, 0.05) is 16.3 Å². The Bertz CT molecular complexity index is 401. The smallest absolute Gasteiger partial charge is 0.0985 e. The number of aromatic nitrogens is 1. The lowest BCUT2D eigenvalue weighted by molar-refractivity contribution is 0.376. The van der Waals surface area contributed by atoms with E-state index in [2.05, 4.69) is 60.7 Å². The molecule has 1 aromatic rings. The predicted molar refractivity (Wildman–Crippen MR) is 86.0 cm³/mol. The summed E-state index contributed by atoms with van der Waals surface area (Å²) in [5.41, 5.74) is 1.34. The summed E-state index contributed by atoms with van der Waals surface area (Å²) in [6.07, 6.45) is 0. The van der Waals surface area contributed by atoms with Crippen molar-refractivity contribution in [3.05, 3.63) is 15.6 Å². The first kappa shape index (κ1) is 16.6. The normalized spacial score (nSPS) is 15.8. The van der Waals surface area contributed by atoms with Gasteiger partial charge < -0.3 is 5.32 Å². The number of hydrogen-bond donors (Lipinski definition) is 1. The van der Waals surface area contributed by atoms with Crippen molar-refractivity contribution in [2.24, 2.45) is 11.8 Å². The molecule has 0 aromatic carbocycles. The molecule has 0 aliphatic heterocycles. The molecule has 2 nitrogen and oxygen atoms in total. The van der Waals surface area contributed by atoms with Gasteiger partial charge in [0.1, 0.15) is 0 Å². The van der Waals surface area contributed by atoms with Crippen molar-refractivity contribution in [2.75, 3.05) is 6.54 Å². The van der Waals surface area contributed by atoms with E-state index in [1.165, 1.54) is 15.6 Å². The van der Waals surface area contributed by atoms with Crippen LogP contribution in [0.5, 0.6) is 0 Å². The lowest BCUT2D eigenvalue weighted by atomic mass is 9.98. The molecule has 110 valence electrons. The third kappa shape index (κ3) is 4.57. The zero-order valence-electron chi connectivity index (χ0n) is 13.8. The Hall–Kier alpha value is -0.410. The molecule has 0 bridgehead atoms. The average molecular weight is 282 g/mol. The second-order valence-corrected chi connectivity index (χ2v) is 8.10. The van der Waals surface area contributed by atoms with Gasteiger partial charge in [-0.05, 0) is 32.2 Å². The Balaban J connectivity index is 2.72. The standard InChI is InChI=1S/C16H30N2S/c1-10(2)11(3)9-17-12(4)14-13(5)18-15(19-14)16(6,7)8/h10-12,17H,9H2,1-8H3. The third-order valence-corrected chi connectivity index (χ3v) is 5.52. The molecule has 0 spiro atoms. The van der Waals surface area contributed by atoms with Gasteiger partial charge in [-0.15, -0.1) is 11.3 Å². The Labute approximate surface area is 123 Å². The minimum Gasteiger partial charge on any atom is -0.309 e. The van der Waals surface area contributed by atoms with Crippen LogP contribution in [-0.4, -0.2) is 11.5 Å². The predicted octanol–water partition coefficient (Wildman–Crippen LogP) is 4.69. The van der Waals surface area contributed by atoms with Gasteiger partial charge in [-0.25, -0.2) is 4.98 Å².